The minimum Gasteiger partial charge on any atom is -0.453 e. The van der Waals surface area contributed by atoms with Crippen LogP contribution in [-0.4, -0.2) is 13.2 Å². The number of hydrogen-bond donors (Lipinski definition) is 1. The van der Waals surface area contributed by atoms with Gasteiger partial charge in [-0.15, -0.1) is 0 Å². The molecule has 0 aromatic heterocycles. The first-order chi connectivity index (χ1) is 10.1. The van der Waals surface area contributed by atoms with E-state index in [1.54, 1.807) is 0 Å². The van der Waals surface area contributed by atoms with E-state index in [2.05, 4.69) is 42.6 Å². The van der Waals surface area contributed by atoms with Crippen LogP contribution in [0.4, 0.5) is 4.79 Å². The van der Waals surface area contributed by atoms with Gasteiger partial charge in [0.25, 0.3) is 0 Å². The largest absolute Gasteiger partial charge is 0.453 e. The predicted octanol–water partition coefficient (Wildman–Crippen LogP) is 4.94. The summed E-state index contributed by atoms with van der Waals surface area (Å²) in [6, 6.07) is 8.16. The normalized spacial score (nSPS) is 10.7. The number of carbonyl (C=O) groups is 1. The molecule has 0 aliphatic carbocycles. The van der Waals surface area contributed by atoms with Gasteiger partial charge >= 0.3 is 6.09 Å². The van der Waals surface area contributed by atoms with E-state index < -0.39 is 6.09 Å². The van der Waals surface area contributed by atoms with Gasteiger partial charge in [0.2, 0.25) is 0 Å². The Morgan fingerprint density at radius 2 is 1.86 bits per heavy atom. The maximum atomic E-state index is 11.0. The van der Waals surface area contributed by atoms with Crippen LogP contribution in [0.15, 0.2) is 42.5 Å². The average Bonchev–Trinajstić information content (AvgIpc) is 2.56. The van der Waals surface area contributed by atoms with Crippen molar-refractivity contribution >= 4 is 11.7 Å². The van der Waals surface area contributed by atoms with Gasteiger partial charge in [-0.1, -0.05) is 57.7 Å². The summed E-state index contributed by atoms with van der Waals surface area (Å²) < 4.78 is 4.53. The summed E-state index contributed by atoms with van der Waals surface area (Å²) in [4.78, 5) is 11.0. The van der Waals surface area contributed by atoms with E-state index in [9.17, 15) is 4.79 Å². The fourth-order valence-corrected chi connectivity index (χ4v) is 1.90. The van der Waals surface area contributed by atoms with Crippen LogP contribution >= 0.6 is 0 Å². The first kappa shape index (κ1) is 19.0. The third kappa shape index (κ3) is 6.30. The molecule has 0 aliphatic heterocycles. The van der Waals surface area contributed by atoms with Gasteiger partial charge in [0.1, 0.15) is 0 Å². The fraction of sp³-hybridized carbons (Fsp3) is 0.389. The van der Waals surface area contributed by atoms with Crippen LogP contribution in [-0.2, 0) is 11.3 Å². The number of amides is 1. The Bertz CT molecular complexity index is 472. The van der Waals surface area contributed by atoms with Gasteiger partial charge in [0.05, 0.1) is 7.11 Å². The van der Waals surface area contributed by atoms with E-state index in [-0.39, 0.29) is 0 Å². The molecule has 0 aliphatic rings. The van der Waals surface area contributed by atoms with E-state index in [4.69, 9.17) is 0 Å². The molecule has 116 valence electrons. The zero-order chi connectivity index (χ0) is 16.3. The Morgan fingerprint density at radius 3 is 2.29 bits per heavy atom. The number of rotatable bonds is 5. The van der Waals surface area contributed by atoms with Crippen molar-refractivity contribution in [2.45, 2.75) is 40.7 Å². The van der Waals surface area contributed by atoms with Crippen LogP contribution in [0, 0.1) is 0 Å². The van der Waals surface area contributed by atoms with Crippen molar-refractivity contribution < 1.29 is 9.53 Å². The maximum absolute atomic E-state index is 11.0. The monoisotopic (exact) mass is 289 g/mol. The lowest BCUT2D eigenvalue weighted by Gasteiger charge is -2.09. The molecule has 1 rings (SSSR count). The molecule has 21 heavy (non-hydrogen) atoms. The predicted molar refractivity (Wildman–Crippen MR) is 90.1 cm³/mol. The highest BCUT2D eigenvalue weighted by atomic mass is 16.5. The number of nitrogens with one attached hydrogen (secondary N) is 1. The molecule has 1 N–H and O–H groups in total. The minimum absolute atomic E-state index is 0.416. The molecule has 1 aromatic carbocycles. The summed E-state index contributed by atoms with van der Waals surface area (Å²) in [6.45, 7) is 12.5. The number of carbonyl (C=O) groups excluding carboxylic acids is 1. The third-order valence-corrected chi connectivity index (χ3v) is 3.06. The van der Waals surface area contributed by atoms with Crippen molar-refractivity contribution in [1.29, 1.82) is 0 Å². The average molecular weight is 289 g/mol. The van der Waals surface area contributed by atoms with E-state index >= 15 is 0 Å². The van der Waals surface area contributed by atoms with Crippen LogP contribution in [0.3, 0.4) is 0 Å². The molecule has 0 saturated carbocycles. The molecule has 0 unspecified atom stereocenters. The standard InChI is InChI=1S/C16H21NO2.C2H6/c1-5-12(3)15(6-2)14-9-7-13(8-10-14)11-17-16(18)19-4;1-2/h5,7-10H,1,6,11H2,2-4H3,(H,17,18);1-2H3/b15-12-;. The van der Waals surface area contributed by atoms with Gasteiger partial charge in [0, 0.05) is 6.54 Å². The van der Waals surface area contributed by atoms with E-state index in [0.29, 0.717) is 6.54 Å². The summed E-state index contributed by atoms with van der Waals surface area (Å²) in [5, 5.41) is 2.66. The smallest absolute Gasteiger partial charge is 0.407 e. The molecule has 3 nitrogen and oxygen atoms in total. The second-order valence-electron chi connectivity index (χ2n) is 4.26. The third-order valence-electron chi connectivity index (χ3n) is 3.06. The molecule has 0 radical (unpaired) electrons. The van der Waals surface area contributed by atoms with Crippen molar-refractivity contribution in [2.24, 2.45) is 0 Å². The summed E-state index contributed by atoms with van der Waals surface area (Å²) in [5.74, 6) is 0. The Balaban J connectivity index is 0.00000191. The molecule has 3 heteroatoms. The van der Waals surface area contributed by atoms with Crippen LogP contribution < -0.4 is 5.32 Å². The van der Waals surface area contributed by atoms with Gasteiger partial charge in [-0.05, 0) is 35.6 Å². The highest BCUT2D eigenvalue weighted by Crippen LogP contribution is 2.23. The number of ether oxygens (including phenoxy) is 1. The van der Waals surface area contributed by atoms with Crippen LogP contribution in [0.2, 0.25) is 0 Å². The van der Waals surface area contributed by atoms with Gasteiger partial charge in [-0.25, -0.2) is 4.79 Å². The lowest BCUT2D eigenvalue weighted by atomic mass is 9.97. The Kier molecular flexibility index (Phi) is 9.69. The molecule has 0 saturated heterocycles. The lowest BCUT2D eigenvalue weighted by Crippen LogP contribution is -2.22. The van der Waals surface area contributed by atoms with Gasteiger partial charge in [-0.2, -0.15) is 0 Å². The summed E-state index contributed by atoms with van der Waals surface area (Å²) in [5.41, 5.74) is 4.73. The molecular formula is C18H27NO2. The first-order valence-corrected chi connectivity index (χ1v) is 7.35. The number of benzene rings is 1. The quantitative estimate of drug-likeness (QED) is 0.780. The second kappa shape index (κ2) is 10.7. The number of hydrogen-bond acceptors (Lipinski definition) is 2. The molecule has 0 spiro atoms. The molecular weight excluding hydrogens is 262 g/mol. The maximum Gasteiger partial charge on any atom is 0.407 e. The van der Waals surface area contributed by atoms with Crippen molar-refractivity contribution in [1.82, 2.24) is 5.32 Å². The topological polar surface area (TPSA) is 38.3 Å². The first-order valence-electron chi connectivity index (χ1n) is 7.35. The van der Waals surface area contributed by atoms with E-state index in [1.807, 2.05) is 32.1 Å². The SMILES string of the molecule is C=C/C(C)=C(/CC)c1ccc(CNC(=O)OC)cc1.CC. The summed E-state index contributed by atoms with van der Waals surface area (Å²) >= 11 is 0. The molecule has 1 amide bonds. The highest BCUT2D eigenvalue weighted by molar-refractivity contribution is 5.70. The van der Waals surface area contributed by atoms with Crippen LogP contribution in [0.5, 0.6) is 0 Å². The van der Waals surface area contributed by atoms with Gasteiger partial charge in [0.15, 0.2) is 0 Å². The van der Waals surface area contributed by atoms with Crippen molar-refractivity contribution in [3.8, 4) is 0 Å². The number of allylic oxidation sites excluding steroid dienone is 3. The number of methoxy groups -OCH3 is 1. The Labute approximate surface area is 128 Å². The second-order valence-corrected chi connectivity index (χ2v) is 4.26. The zero-order valence-corrected chi connectivity index (χ0v) is 13.8. The van der Waals surface area contributed by atoms with Gasteiger partial charge in [-0.3, -0.25) is 0 Å². The highest BCUT2D eigenvalue weighted by Gasteiger charge is 2.03. The fourth-order valence-electron chi connectivity index (χ4n) is 1.90. The van der Waals surface area contributed by atoms with Crippen molar-refractivity contribution in [3.63, 3.8) is 0 Å². The van der Waals surface area contributed by atoms with Crippen molar-refractivity contribution in [3.05, 3.63) is 53.6 Å². The van der Waals surface area contributed by atoms with Crippen LogP contribution in [0.1, 0.15) is 45.2 Å². The summed E-state index contributed by atoms with van der Waals surface area (Å²) in [7, 11) is 1.36. The van der Waals surface area contributed by atoms with Crippen LogP contribution in [0.25, 0.3) is 5.57 Å². The Hall–Kier alpha value is -2.03. The number of alkyl carbamates (subject to hydrolysis) is 1. The molecule has 1 aromatic rings. The molecule has 0 atom stereocenters. The molecule has 0 bridgehead atoms. The zero-order valence-electron chi connectivity index (χ0n) is 13.8. The summed E-state index contributed by atoms with van der Waals surface area (Å²) in [6.07, 6.45) is 2.43. The molecule has 0 heterocycles. The Morgan fingerprint density at radius 1 is 1.29 bits per heavy atom. The van der Waals surface area contributed by atoms with Crippen molar-refractivity contribution in [2.75, 3.05) is 7.11 Å². The minimum atomic E-state index is -0.416. The lowest BCUT2D eigenvalue weighted by molar-refractivity contribution is 0.170. The van der Waals surface area contributed by atoms with E-state index in [1.165, 1.54) is 23.8 Å². The van der Waals surface area contributed by atoms with E-state index in [0.717, 1.165) is 12.0 Å². The van der Waals surface area contributed by atoms with Gasteiger partial charge < -0.3 is 10.1 Å². The molecule has 0 fully saturated rings.